The van der Waals surface area contributed by atoms with Gasteiger partial charge in [0, 0.05) is 6.20 Å². The van der Waals surface area contributed by atoms with Gasteiger partial charge in [-0.2, -0.15) is 5.26 Å². The molecule has 0 unspecified atom stereocenters. The maximum Gasteiger partial charge on any atom is 0.159 e. The molecule has 0 aliphatic heterocycles. The Balaban J connectivity index is 2.39. The van der Waals surface area contributed by atoms with Crippen LogP contribution in [0.5, 0.6) is 5.75 Å². The van der Waals surface area contributed by atoms with E-state index in [1.165, 1.54) is 0 Å². The van der Waals surface area contributed by atoms with Gasteiger partial charge in [-0.3, -0.25) is 4.98 Å². The molecule has 1 saturated carbocycles. The first-order valence-corrected chi connectivity index (χ1v) is 5.28. The molecule has 15 heavy (non-hydrogen) atoms. The molecule has 2 rings (SSSR count). The van der Waals surface area contributed by atoms with Gasteiger partial charge in [0.1, 0.15) is 6.07 Å². The predicted molar refractivity (Wildman–Crippen MR) is 56.7 cm³/mol. The van der Waals surface area contributed by atoms with Gasteiger partial charge in [-0.1, -0.05) is 13.8 Å². The van der Waals surface area contributed by atoms with Crippen molar-refractivity contribution in [1.29, 1.82) is 5.26 Å². The minimum atomic E-state index is 0.284. The summed E-state index contributed by atoms with van der Waals surface area (Å²) in [7, 11) is 0. The lowest BCUT2D eigenvalue weighted by Gasteiger charge is -2.13. The molecule has 0 aromatic carbocycles. The van der Waals surface area contributed by atoms with E-state index in [0.29, 0.717) is 17.4 Å². The molecular formula is C12H14N2O. The molecule has 1 fully saturated rings. The van der Waals surface area contributed by atoms with Gasteiger partial charge in [-0.15, -0.1) is 0 Å². The van der Waals surface area contributed by atoms with Crippen molar-refractivity contribution in [2.75, 3.05) is 0 Å². The van der Waals surface area contributed by atoms with Gasteiger partial charge >= 0.3 is 0 Å². The van der Waals surface area contributed by atoms with Crippen LogP contribution < -0.4 is 4.74 Å². The lowest BCUT2D eigenvalue weighted by atomic mass is 10.1. The topological polar surface area (TPSA) is 45.9 Å². The van der Waals surface area contributed by atoms with Crippen LogP contribution in [-0.2, 0) is 0 Å². The van der Waals surface area contributed by atoms with Crippen LogP contribution in [0.25, 0.3) is 0 Å². The first-order chi connectivity index (χ1) is 7.22. The SMILES string of the molecule is CC(C)c1nccc(C#N)c1OC1CC1. The second-order valence-corrected chi connectivity index (χ2v) is 4.16. The third kappa shape index (κ3) is 2.10. The van der Waals surface area contributed by atoms with Crippen LogP contribution >= 0.6 is 0 Å². The lowest BCUT2D eigenvalue weighted by molar-refractivity contribution is 0.296. The van der Waals surface area contributed by atoms with Gasteiger partial charge in [-0.25, -0.2) is 0 Å². The summed E-state index contributed by atoms with van der Waals surface area (Å²) in [5, 5.41) is 9.00. The van der Waals surface area contributed by atoms with E-state index >= 15 is 0 Å². The van der Waals surface area contributed by atoms with E-state index in [4.69, 9.17) is 10.00 Å². The number of hydrogen-bond donors (Lipinski definition) is 0. The standard InChI is InChI=1S/C12H14N2O/c1-8(2)11-12(15-10-3-4-10)9(7-13)5-6-14-11/h5-6,8,10H,3-4H2,1-2H3. The van der Waals surface area contributed by atoms with Crippen molar-refractivity contribution < 1.29 is 4.74 Å². The number of aromatic nitrogens is 1. The first kappa shape index (κ1) is 9.97. The molecule has 3 heteroatoms. The summed E-state index contributed by atoms with van der Waals surface area (Å²) >= 11 is 0. The zero-order chi connectivity index (χ0) is 10.8. The Morgan fingerprint density at radius 3 is 2.80 bits per heavy atom. The van der Waals surface area contributed by atoms with Crippen molar-refractivity contribution >= 4 is 0 Å². The van der Waals surface area contributed by atoms with Crippen molar-refractivity contribution in [2.24, 2.45) is 0 Å². The van der Waals surface area contributed by atoms with Crippen molar-refractivity contribution in [1.82, 2.24) is 4.98 Å². The summed E-state index contributed by atoms with van der Waals surface area (Å²) in [5.74, 6) is 0.976. The van der Waals surface area contributed by atoms with Crippen molar-refractivity contribution in [3.63, 3.8) is 0 Å². The Kier molecular flexibility index (Phi) is 2.59. The van der Waals surface area contributed by atoms with Gasteiger partial charge in [-0.05, 0) is 24.8 Å². The summed E-state index contributed by atoms with van der Waals surface area (Å²) in [6.07, 6.45) is 4.17. The maximum atomic E-state index is 9.00. The Labute approximate surface area is 89.7 Å². The Morgan fingerprint density at radius 2 is 2.27 bits per heavy atom. The summed E-state index contributed by atoms with van der Waals surface area (Å²) < 4.78 is 5.75. The molecule has 1 aromatic heterocycles. The summed E-state index contributed by atoms with van der Waals surface area (Å²) in [5.41, 5.74) is 1.49. The van der Waals surface area contributed by atoms with E-state index in [1.807, 2.05) is 0 Å². The van der Waals surface area contributed by atoms with Crippen molar-refractivity contribution in [2.45, 2.75) is 38.7 Å². The normalized spacial score (nSPS) is 15.1. The number of nitrogens with zero attached hydrogens (tertiary/aromatic N) is 2. The highest BCUT2D eigenvalue weighted by atomic mass is 16.5. The zero-order valence-corrected chi connectivity index (χ0v) is 9.03. The van der Waals surface area contributed by atoms with E-state index in [2.05, 4.69) is 24.9 Å². The number of pyridine rings is 1. The molecular weight excluding hydrogens is 188 g/mol. The highest BCUT2D eigenvalue weighted by molar-refractivity contribution is 5.46. The van der Waals surface area contributed by atoms with Gasteiger partial charge in [0.05, 0.1) is 17.4 Å². The monoisotopic (exact) mass is 202 g/mol. The molecule has 0 atom stereocenters. The molecule has 1 heterocycles. The predicted octanol–water partition coefficient (Wildman–Crippen LogP) is 2.62. The molecule has 1 aliphatic rings. The molecule has 78 valence electrons. The molecule has 1 aliphatic carbocycles. The van der Waals surface area contributed by atoms with Crippen LogP contribution in [0.15, 0.2) is 12.3 Å². The number of ether oxygens (including phenoxy) is 1. The Morgan fingerprint density at radius 1 is 1.53 bits per heavy atom. The summed E-state index contributed by atoms with van der Waals surface area (Å²) in [6, 6.07) is 3.87. The zero-order valence-electron chi connectivity index (χ0n) is 9.03. The molecule has 0 N–H and O–H groups in total. The van der Waals surface area contributed by atoms with Crippen LogP contribution in [0.2, 0.25) is 0 Å². The molecule has 0 radical (unpaired) electrons. The lowest BCUT2D eigenvalue weighted by Crippen LogP contribution is -2.05. The average molecular weight is 202 g/mol. The minimum Gasteiger partial charge on any atom is -0.487 e. The highest BCUT2D eigenvalue weighted by Gasteiger charge is 2.26. The minimum absolute atomic E-state index is 0.284. The smallest absolute Gasteiger partial charge is 0.159 e. The summed E-state index contributed by atoms with van der Waals surface area (Å²) in [6.45, 7) is 4.12. The van der Waals surface area contributed by atoms with E-state index in [1.54, 1.807) is 12.3 Å². The van der Waals surface area contributed by atoms with E-state index in [-0.39, 0.29) is 5.92 Å². The fourth-order valence-corrected chi connectivity index (χ4v) is 1.44. The maximum absolute atomic E-state index is 9.00. The highest BCUT2D eigenvalue weighted by Crippen LogP contribution is 2.33. The fourth-order valence-electron chi connectivity index (χ4n) is 1.44. The number of nitriles is 1. The largest absolute Gasteiger partial charge is 0.487 e. The van der Waals surface area contributed by atoms with Gasteiger partial charge < -0.3 is 4.74 Å². The van der Waals surface area contributed by atoms with Crippen LogP contribution in [-0.4, -0.2) is 11.1 Å². The summed E-state index contributed by atoms with van der Waals surface area (Å²) in [4.78, 5) is 4.29. The molecule has 3 nitrogen and oxygen atoms in total. The van der Waals surface area contributed by atoms with E-state index in [9.17, 15) is 0 Å². The molecule has 0 bridgehead atoms. The van der Waals surface area contributed by atoms with E-state index < -0.39 is 0 Å². The van der Waals surface area contributed by atoms with Crippen LogP contribution in [0, 0.1) is 11.3 Å². The quantitative estimate of drug-likeness (QED) is 0.756. The Bertz CT molecular complexity index is 403. The van der Waals surface area contributed by atoms with E-state index in [0.717, 1.165) is 18.5 Å². The number of rotatable bonds is 3. The second-order valence-electron chi connectivity index (χ2n) is 4.16. The van der Waals surface area contributed by atoms with Gasteiger partial charge in [0.2, 0.25) is 0 Å². The molecule has 0 saturated heterocycles. The molecule has 0 spiro atoms. The van der Waals surface area contributed by atoms with Crippen LogP contribution in [0.4, 0.5) is 0 Å². The van der Waals surface area contributed by atoms with Crippen molar-refractivity contribution in [3.05, 3.63) is 23.5 Å². The van der Waals surface area contributed by atoms with Gasteiger partial charge in [0.25, 0.3) is 0 Å². The van der Waals surface area contributed by atoms with Crippen LogP contribution in [0.1, 0.15) is 43.9 Å². The van der Waals surface area contributed by atoms with Crippen LogP contribution in [0.3, 0.4) is 0 Å². The molecule has 0 amide bonds. The average Bonchev–Trinajstić information content (AvgIpc) is 3.01. The molecule has 1 aromatic rings. The first-order valence-electron chi connectivity index (χ1n) is 5.28. The number of hydrogen-bond acceptors (Lipinski definition) is 3. The fraction of sp³-hybridized carbons (Fsp3) is 0.500. The van der Waals surface area contributed by atoms with Gasteiger partial charge in [0.15, 0.2) is 5.75 Å². The Hall–Kier alpha value is -1.56. The third-order valence-corrected chi connectivity index (χ3v) is 2.41. The second kappa shape index (κ2) is 3.90. The third-order valence-electron chi connectivity index (χ3n) is 2.41. The van der Waals surface area contributed by atoms with Crippen molar-refractivity contribution in [3.8, 4) is 11.8 Å².